The summed E-state index contributed by atoms with van der Waals surface area (Å²) in [6.45, 7) is 0.344. The maximum atomic E-state index is 12.1. The van der Waals surface area contributed by atoms with Crippen molar-refractivity contribution in [2.45, 2.75) is 6.54 Å². The Kier molecular flexibility index (Phi) is 4.12. The van der Waals surface area contributed by atoms with Gasteiger partial charge < -0.3 is 10.3 Å². The van der Waals surface area contributed by atoms with Crippen molar-refractivity contribution in [2.24, 2.45) is 0 Å². The Morgan fingerprint density at radius 2 is 2.10 bits per heavy atom. The van der Waals surface area contributed by atoms with Gasteiger partial charge in [0.05, 0.1) is 22.6 Å². The molecule has 0 atom stereocenters. The maximum Gasteiger partial charge on any atom is 0.251 e. The number of aromatic amines is 1. The number of hydrogen-bond donors (Lipinski definition) is 2. The monoisotopic (exact) mass is 411 g/mol. The summed E-state index contributed by atoms with van der Waals surface area (Å²) in [5, 5.41) is 3.41. The van der Waals surface area contributed by atoms with Crippen LogP contribution < -0.4 is 5.32 Å². The molecule has 0 unspecified atom stereocenters. The fraction of sp³-hybridized carbons (Fsp3) is 0.0667. The van der Waals surface area contributed by atoms with Gasteiger partial charge in [-0.25, -0.2) is 4.98 Å². The quantitative estimate of drug-likeness (QED) is 0.645. The topological polar surface area (TPSA) is 57.8 Å². The zero-order valence-electron chi connectivity index (χ0n) is 10.9. The molecule has 21 heavy (non-hydrogen) atoms. The van der Waals surface area contributed by atoms with Crippen molar-refractivity contribution in [2.75, 3.05) is 0 Å². The normalized spacial score (nSPS) is 10.8. The Balaban J connectivity index is 1.71. The zero-order chi connectivity index (χ0) is 14.8. The molecule has 0 saturated heterocycles. The molecule has 6 heteroatoms. The minimum Gasteiger partial charge on any atom is -0.345 e. The smallest absolute Gasteiger partial charge is 0.251 e. The molecule has 1 heterocycles. The largest absolute Gasteiger partial charge is 0.345 e. The third kappa shape index (κ3) is 3.19. The first-order valence-corrected chi connectivity index (χ1v) is 7.76. The summed E-state index contributed by atoms with van der Waals surface area (Å²) in [5.41, 5.74) is 2.38. The van der Waals surface area contributed by atoms with Crippen LogP contribution in [0, 0.1) is 3.57 Å². The predicted octanol–water partition coefficient (Wildman–Crippen LogP) is 3.75. The second-order valence-electron chi connectivity index (χ2n) is 4.51. The van der Waals surface area contributed by atoms with Crippen LogP contribution in [0.1, 0.15) is 16.2 Å². The molecular formula is C15H11ClIN3O. The van der Waals surface area contributed by atoms with Gasteiger partial charge in [0.1, 0.15) is 5.82 Å². The van der Waals surface area contributed by atoms with Crippen LogP contribution in [0.2, 0.25) is 5.02 Å². The summed E-state index contributed by atoms with van der Waals surface area (Å²) in [6, 6.07) is 13.0. The molecule has 106 valence electrons. The molecule has 1 amide bonds. The van der Waals surface area contributed by atoms with E-state index in [4.69, 9.17) is 11.6 Å². The summed E-state index contributed by atoms with van der Waals surface area (Å²) in [6.07, 6.45) is 0. The van der Waals surface area contributed by atoms with E-state index in [0.717, 1.165) is 20.4 Å². The lowest BCUT2D eigenvalue weighted by Gasteiger charge is -2.04. The lowest BCUT2D eigenvalue weighted by atomic mass is 10.2. The van der Waals surface area contributed by atoms with E-state index >= 15 is 0 Å². The average molecular weight is 412 g/mol. The van der Waals surface area contributed by atoms with Gasteiger partial charge in [0, 0.05) is 9.13 Å². The van der Waals surface area contributed by atoms with Crippen molar-refractivity contribution < 1.29 is 4.79 Å². The second kappa shape index (κ2) is 6.03. The van der Waals surface area contributed by atoms with Crippen molar-refractivity contribution in [3.8, 4) is 0 Å². The number of nitrogens with one attached hydrogen (secondary N) is 2. The number of imidazole rings is 1. The summed E-state index contributed by atoms with van der Waals surface area (Å²) < 4.78 is 0.920. The number of halogens is 2. The van der Waals surface area contributed by atoms with Crippen LogP contribution >= 0.6 is 34.2 Å². The molecule has 3 rings (SSSR count). The first kappa shape index (κ1) is 14.3. The SMILES string of the molecule is O=C(NCc1nc2ccccc2[nH]1)c1ccc(I)c(Cl)c1. The Morgan fingerprint density at radius 1 is 1.29 bits per heavy atom. The van der Waals surface area contributed by atoms with Gasteiger partial charge in [0.25, 0.3) is 5.91 Å². The zero-order valence-corrected chi connectivity index (χ0v) is 13.8. The van der Waals surface area contributed by atoms with Crippen LogP contribution in [0.3, 0.4) is 0 Å². The van der Waals surface area contributed by atoms with Crippen LogP contribution in [0.25, 0.3) is 11.0 Å². The molecule has 2 aromatic carbocycles. The number of rotatable bonds is 3. The summed E-state index contributed by atoms with van der Waals surface area (Å²) in [4.78, 5) is 19.7. The Labute approximate surface area is 140 Å². The van der Waals surface area contributed by atoms with E-state index in [1.165, 1.54) is 0 Å². The molecule has 0 saturated carbocycles. The van der Waals surface area contributed by atoms with Gasteiger partial charge in [-0.2, -0.15) is 0 Å². The standard InChI is InChI=1S/C15H11ClIN3O/c16-10-7-9(5-6-11(10)17)15(21)18-8-14-19-12-3-1-2-4-13(12)20-14/h1-7H,8H2,(H,18,21)(H,19,20). The van der Waals surface area contributed by atoms with E-state index in [1.54, 1.807) is 12.1 Å². The number of nitrogens with zero attached hydrogens (tertiary/aromatic N) is 1. The van der Waals surface area contributed by atoms with Gasteiger partial charge in [0.2, 0.25) is 0 Å². The molecule has 0 spiro atoms. The molecule has 3 aromatic rings. The van der Waals surface area contributed by atoms with E-state index in [0.29, 0.717) is 17.1 Å². The van der Waals surface area contributed by atoms with Crippen LogP contribution in [-0.2, 0) is 6.54 Å². The summed E-state index contributed by atoms with van der Waals surface area (Å²) in [7, 11) is 0. The molecule has 0 radical (unpaired) electrons. The van der Waals surface area contributed by atoms with Crippen LogP contribution in [0.15, 0.2) is 42.5 Å². The number of amides is 1. The number of carbonyl (C=O) groups is 1. The lowest BCUT2D eigenvalue weighted by molar-refractivity contribution is 0.0950. The molecule has 0 aliphatic heterocycles. The van der Waals surface area contributed by atoms with Crippen LogP contribution in [-0.4, -0.2) is 15.9 Å². The van der Waals surface area contributed by atoms with Gasteiger partial charge in [-0.3, -0.25) is 4.79 Å². The third-order valence-electron chi connectivity index (χ3n) is 3.04. The van der Waals surface area contributed by atoms with Crippen molar-refractivity contribution in [1.82, 2.24) is 15.3 Å². The summed E-state index contributed by atoms with van der Waals surface area (Å²) in [5.74, 6) is 0.551. The second-order valence-corrected chi connectivity index (χ2v) is 6.08. The Hall–Kier alpha value is -1.60. The fourth-order valence-electron chi connectivity index (χ4n) is 1.99. The van der Waals surface area contributed by atoms with Gasteiger partial charge in [0.15, 0.2) is 0 Å². The minimum absolute atomic E-state index is 0.172. The molecule has 0 aliphatic rings. The highest BCUT2D eigenvalue weighted by Gasteiger charge is 2.09. The van der Waals surface area contributed by atoms with Gasteiger partial charge >= 0.3 is 0 Å². The molecule has 1 aromatic heterocycles. The van der Waals surface area contributed by atoms with Gasteiger partial charge in [-0.05, 0) is 52.9 Å². The lowest BCUT2D eigenvalue weighted by Crippen LogP contribution is -2.23. The van der Waals surface area contributed by atoms with E-state index in [2.05, 4.69) is 37.9 Å². The van der Waals surface area contributed by atoms with Crippen molar-refractivity contribution in [3.63, 3.8) is 0 Å². The number of benzene rings is 2. The Bertz CT molecular complexity index is 783. The van der Waals surface area contributed by atoms with Crippen molar-refractivity contribution in [1.29, 1.82) is 0 Å². The first-order chi connectivity index (χ1) is 10.1. The maximum absolute atomic E-state index is 12.1. The number of fused-ring (bicyclic) bond motifs is 1. The minimum atomic E-state index is -0.172. The number of para-hydroxylation sites is 2. The highest BCUT2D eigenvalue weighted by Crippen LogP contribution is 2.19. The predicted molar refractivity (Wildman–Crippen MR) is 91.4 cm³/mol. The van der Waals surface area contributed by atoms with Crippen LogP contribution in [0.4, 0.5) is 0 Å². The highest BCUT2D eigenvalue weighted by atomic mass is 127. The number of carbonyl (C=O) groups excluding carboxylic acids is 1. The first-order valence-electron chi connectivity index (χ1n) is 6.30. The third-order valence-corrected chi connectivity index (χ3v) is 4.61. The molecule has 0 aliphatic carbocycles. The van der Waals surface area contributed by atoms with E-state index in [1.807, 2.05) is 30.3 Å². The molecule has 0 bridgehead atoms. The fourth-order valence-corrected chi connectivity index (χ4v) is 2.51. The van der Waals surface area contributed by atoms with Gasteiger partial charge in [-0.1, -0.05) is 23.7 Å². The number of hydrogen-bond acceptors (Lipinski definition) is 2. The Morgan fingerprint density at radius 3 is 2.86 bits per heavy atom. The van der Waals surface area contributed by atoms with Gasteiger partial charge in [-0.15, -0.1) is 0 Å². The van der Waals surface area contributed by atoms with E-state index in [9.17, 15) is 4.79 Å². The molecule has 4 nitrogen and oxygen atoms in total. The van der Waals surface area contributed by atoms with E-state index < -0.39 is 0 Å². The van der Waals surface area contributed by atoms with Crippen LogP contribution in [0.5, 0.6) is 0 Å². The average Bonchev–Trinajstić information content (AvgIpc) is 2.90. The molecule has 2 N–H and O–H groups in total. The highest BCUT2D eigenvalue weighted by molar-refractivity contribution is 14.1. The van der Waals surface area contributed by atoms with Crippen molar-refractivity contribution in [3.05, 3.63) is 62.4 Å². The molecular weight excluding hydrogens is 401 g/mol. The summed E-state index contributed by atoms with van der Waals surface area (Å²) >= 11 is 8.15. The number of aromatic nitrogens is 2. The molecule has 0 fully saturated rings. The van der Waals surface area contributed by atoms with E-state index in [-0.39, 0.29) is 5.91 Å². The number of H-pyrrole nitrogens is 1. The van der Waals surface area contributed by atoms with Crippen molar-refractivity contribution >= 4 is 51.1 Å².